The van der Waals surface area contributed by atoms with Gasteiger partial charge in [-0.1, -0.05) is 6.07 Å². The van der Waals surface area contributed by atoms with Crippen molar-refractivity contribution in [1.82, 2.24) is 10.2 Å². The van der Waals surface area contributed by atoms with Crippen LogP contribution in [0.5, 0.6) is 0 Å². The van der Waals surface area contributed by atoms with Crippen LogP contribution in [0.25, 0.3) is 0 Å². The van der Waals surface area contributed by atoms with Crippen molar-refractivity contribution in [3.63, 3.8) is 0 Å². The molecule has 0 amide bonds. The predicted octanol–water partition coefficient (Wildman–Crippen LogP) is 4.03. The third-order valence-corrected chi connectivity index (χ3v) is 5.67. The minimum atomic E-state index is 0.687. The molecular weight excluding hydrogens is 368 g/mol. The van der Waals surface area contributed by atoms with E-state index in [-0.39, 0.29) is 0 Å². The van der Waals surface area contributed by atoms with E-state index in [0.29, 0.717) is 6.04 Å². The van der Waals surface area contributed by atoms with Gasteiger partial charge in [-0.25, -0.2) is 0 Å². The van der Waals surface area contributed by atoms with E-state index in [1.54, 1.807) is 0 Å². The molecule has 1 aromatic carbocycles. The van der Waals surface area contributed by atoms with Crippen LogP contribution in [0.4, 0.5) is 0 Å². The summed E-state index contributed by atoms with van der Waals surface area (Å²) in [6, 6.07) is 7.12. The van der Waals surface area contributed by atoms with Gasteiger partial charge in [0.25, 0.3) is 0 Å². The molecule has 1 saturated heterocycles. The standard InChI is InChI=1S/C15H22Br2N2/c1-11(2)19-6-5-13(10-19)9-18-8-12-3-4-14(16)15(17)7-12/h3-4,7,11,13,18H,5-6,8-10H2,1-2H3. The van der Waals surface area contributed by atoms with Gasteiger partial charge in [-0.05, 0) is 88.8 Å². The molecule has 1 aliphatic heterocycles. The third-order valence-electron chi connectivity index (χ3n) is 3.79. The van der Waals surface area contributed by atoms with Crippen LogP contribution in [-0.2, 0) is 6.54 Å². The molecule has 1 aliphatic rings. The summed E-state index contributed by atoms with van der Waals surface area (Å²) >= 11 is 7.05. The molecule has 0 radical (unpaired) electrons. The lowest BCUT2D eigenvalue weighted by atomic mass is 10.1. The lowest BCUT2D eigenvalue weighted by molar-refractivity contribution is 0.264. The Kier molecular flexibility index (Phi) is 5.87. The van der Waals surface area contributed by atoms with E-state index in [0.717, 1.165) is 28.0 Å². The van der Waals surface area contributed by atoms with Crippen molar-refractivity contribution in [2.45, 2.75) is 32.9 Å². The second-order valence-electron chi connectivity index (χ2n) is 5.62. The van der Waals surface area contributed by atoms with Crippen LogP contribution in [0.3, 0.4) is 0 Å². The van der Waals surface area contributed by atoms with Crippen molar-refractivity contribution < 1.29 is 0 Å². The summed E-state index contributed by atoms with van der Waals surface area (Å²) in [6.45, 7) is 9.15. The highest BCUT2D eigenvalue weighted by Crippen LogP contribution is 2.24. The smallest absolute Gasteiger partial charge is 0.0320 e. The van der Waals surface area contributed by atoms with Gasteiger partial charge < -0.3 is 10.2 Å². The minimum Gasteiger partial charge on any atom is -0.312 e. The van der Waals surface area contributed by atoms with Crippen LogP contribution < -0.4 is 5.32 Å². The lowest BCUT2D eigenvalue weighted by Gasteiger charge is -2.20. The number of halogens is 2. The Morgan fingerprint density at radius 2 is 2.11 bits per heavy atom. The van der Waals surface area contributed by atoms with Crippen molar-refractivity contribution in [3.8, 4) is 0 Å². The topological polar surface area (TPSA) is 15.3 Å². The van der Waals surface area contributed by atoms with Crippen LogP contribution in [0.1, 0.15) is 25.8 Å². The summed E-state index contributed by atoms with van der Waals surface area (Å²) in [4.78, 5) is 2.57. The second kappa shape index (κ2) is 7.21. The molecule has 2 nitrogen and oxygen atoms in total. The molecule has 0 bridgehead atoms. The van der Waals surface area contributed by atoms with Crippen molar-refractivity contribution in [3.05, 3.63) is 32.7 Å². The normalized spacial score (nSPS) is 20.4. The van der Waals surface area contributed by atoms with Crippen molar-refractivity contribution in [2.24, 2.45) is 5.92 Å². The largest absolute Gasteiger partial charge is 0.312 e. The van der Waals surface area contributed by atoms with Crippen molar-refractivity contribution in [1.29, 1.82) is 0 Å². The van der Waals surface area contributed by atoms with E-state index in [2.05, 4.69) is 74.1 Å². The van der Waals surface area contributed by atoms with E-state index < -0.39 is 0 Å². The van der Waals surface area contributed by atoms with E-state index in [9.17, 15) is 0 Å². The number of nitrogens with one attached hydrogen (secondary N) is 1. The van der Waals surface area contributed by atoms with Crippen LogP contribution in [0.15, 0.2) is 27.1 Å². The van der Waals surface area contributed by atoms with Gasteiger partial charge in [0.2, 0.25) is 0 Å². The Morgan fingerprint density at radius 1 is 1.32 bits per heavy atom. The number of rotatable bonds is 5. The Hall–Kier alpha value is 0.1000. The quantitative estimate of drug-likeness (QED) is 0.817. The van der Waals surface area contributed by atoms with E-state index in [1.807, 2.05) is 0 Å². The summed E-state index contributed by atoms with van der Waals surface area (Å²) in [5.41, 5.74) is 1.33. The van der Waals surface area contributed by atoms with Crippen LogP contribution in [0.2, 0.25) is 0 Å². The highest BCUT2D eigenvalue weighted by Gasteiger charge is 2.23. The maximum absolute atomic E-state index is 3.59. The second-order valence-corrected chi connectivity index (χ2v) is 7.33. The zero-order valence-corrected chi connectivity index (χ0v) is 14.8. The zero-order chi connectivity index (χ0) is 13.8. The van der Waals surface area contributed by atoms with Gasteiger partial charge in [-0.2, -0.15) is 0 Å². The van der Waals surface area contributed by atoms with Gasteiger partial charge >= 0.3 is 0 Å². The SMILES string of the molecule is CC(C)N1CCC(CNCc2ccc(Br)c(Br)c2)C1. The molecule has 19 heavy (non-hydrogen) atoms. The van der Waals surface area contributed by atoms with Gasteiger partial charge in [-0.15, -0.1) is 0 Å². The Bertz CT molecular complexity index is 421. The molecule has 1 unspecified atom stereocenters. The summed E-state index contributed by atoms with van der Waals surface area (Å²) in [7, 11) is 0. The third kappa shape index (κ3) is 4.55. The Balaban J connectivity index is 1.73. The molecule has 1 heterocycles. The fraction of sp³-hybridized carbons (Fsp3) is 0.600. The van der Waals surface area contributed by atoms with Crippen molar-refractivity contribution in [2.75, 3.05) is 19.6 Å². The maximum atomic E-state index is 3.59. The van der Waals surface area contributed by atoms with Gasteiger partial charge in [0.1, 0.15) is 0 Å². The molecule has 1 fully saturated rings. The molecule has 1 N–H and O–H groups in total. The summed E-state index contributed by atoms with van der Waals surface area (Å²) in [6.07, 6.45) is 1.33. The van der Waals surface area contributed by atoms with Gasteiger partial charge in [0, 0.05) is 28.1 Å². The van der Waals surface area contributed by atoms with Crippen LogP contribution in [-0.4, -0.2) is 30.6 Å². The number of likely N-dealkylation sites (tertiary alicyclic amines) is 1. The molecule has 4 heteroatoms. The van der Waals surface area contributed by atoms with E-state index >= 15 is 0 Å². The molecule has 0 aromatic heterocycles. The average Bonchev–Trinajstić information content (AvgIpc) is 2.83. The zero-order valence-electron chi connectivity index (χ0n) is 11.6. The number of hydrogen-bond acceptors (Lipinski definition) is 2. The van der Waals surface area contributed by atoms with Crippen molar-refractivity contribution >= 4 is 31.9 Å². The maximum Gasteiger partial charge on any atom is 0.0320 e. The molecule has 1 atom stereocenters. The lowest BCUT2D eigenvalue weighted by Crippen LogP contribution is -2.30. The van der Waals surface area contributed by atoms with E-state index in [1.165, 1.54) is 25.1 Å². The fourth-order valence-electron chi connectivity index (χ4n) is 2.57. The van der Waals surface area contributed by atoms with Crippen LogP contribution >= 0.6 is 31.9 Å². The first-order valence-electron chi connectivity index (χ1n) is 6.95. The molecule has 1 aromatic rings. The first-order valence-corrected chi connectivity index (χ1v) is 8.53. The average molecular weight is 390 g/mol. The highest BCUT2D eigenvalue weighted by molar-refractivity contribution is 9.13. The fourth-order valence-corrected chi connectivity index (χ4v) is 3.24. The molecule has 2 rings (SSSR count). The molecular formula is C15H22Br2N2. The Labute approximate surface area is 133 Å². The molecule has 0 saturated carbocycles. The highest BCUT2D eigenvalue weighted by atomic mass is 79.9. The van der Waals surface area contributed by atoms with Gasteiger partial charge in [-0.3, -0.25) is 0 Å². The minimum absolute atomic E-state index is 0.687. The summed E-state index contributed by atoms with van der Waals surface area (Å²) in [5, 5.41) is 3.59. The van der Waals surface area contributed by atoms with E-state index in [4.69, 9.17) is 0 Å². The number of benzene rings is 1. The summed E-state index contributed by atoms with van der Waals surface area (Å²) in [5.74, 6) is 0.807. The van der Waals surface area contributed by atoms with Gasteiger partial charge in [0.15, 0.2) is 0 Å². The van der Waals surface area contributed by atoms with Crippen LogP contribution in [0, 0.1) is 5.92 Å². The number of hydrogen-bond donors (Lipinski definition) is 1. The first-order chi connectivity index (χ1) is 9.06. The predicted molar refractivity (Wildman–Crippen MR) is 88.4 cm³/mol. The molecule has 0 spiro atoms. The monoisotopic (exact) mass is 388 g/mol. The first kappa shape index (κ1) is 15.5. The molecule has 106 valence electrons. The van der Waals surface area contributed by atoms with Gasteiger partial charge in [0.05, 0.1) is 0 Å². The summed E-state index contributed by atoms with van der Waals surface area (Å²) < 4.78 is 2.23. The molecule has 0 aliphatic carbocycles. The Morgan fingerprint density at radius 3 is 2.74 bits per heavy atom. The number of nitrogens with zero attached hydrogens (tertiary/aromatic N) is 1.